The van der Waals surface area contributed by atoms with Crippen LogP contribution in [0, 0.1) is 18.7 Å². The number of halogens is 1. The van der Waals surface area contributed by atoms with Crippen molar-refractivity contribution in [3.05, 3.63) is 23.5 Å². The molecule has 0 spiro atoms. The second-order valence-electron chi connectivity index (χ2n) is 6.67. The number of aryl methyl sites for hydroxylation is 1. The highest BCUT2D eigenvalue weighted by atomic mass is 19.1. The number of methoxy groups -OCH3 is 1. The molecule has 0 aromatic heterocycles. The quantitative estimate of drug-likeness (QED) is 0.912. The lowest BCUT2D eigenvalue weighted by molar-refractivity contribution is -0.132. The molecule has 1 N–H and O–H groups in total. The van der Waals surface area contributed by atoms with Gasteiger partial charge in [-0.3, -0.25) is 4.79 Å². The second kappa shape index (κ2) is 7.29. The number of nitrogens with one attached hydrogen (secondary N) is 1. The number of amides is 3. The summed E-state index contributed by atoms with van der Waals surface area (Å²) in [6.45, 7) is 4.10. The summed E-state index contributed by atoms with van der Waals surface area (Å²) >= 11 is 0. The van der Waals surface area contributed by atoms with Crippen LogP contribution >= 0.6 is 0 Å². The van der Waals surface area contributed by atoms with Crippen molar-refractivity contribution in [1.29, 1.82) is 0 Å². The third kappa shape index (κ3) is 4.03. The Kier molecular flexibility index (Phi) is 5.11. The maximum atomic E-state index is 13.9. The van der Waals surface area contributed by atoms with Gasteiger partial charge in [0.2, 0.25) is 5.91 Å². The van der Waals surface area contributed by atoms with E-state index in [0.29, 0.717) is 31.9 Å². The first kappa shape index (κ1) is 17.5. The molecule has 6 nitrogen and oxygen atoms in total. The van der Waals surface area contributed by atoms with Crippen molar-refractivity contribution >= 4 is 17.6 Å². The molecule has 3 amide bonds. The van der Waals surface area contributed by atoms with Crippen molar-refractivity contribution in [1.82, 2.24) is 9.80 Å². The van der Waals surface area contributed by atoms with Crippen LogP contribution < -0.4 is 10.1 Å². The van der Waals surface area contributed by atoms with Crippen molar-refractivity contribution in [3.8, 4) is 5.75 Å². The Morgan fingerprint density at radius 3 is 2.52 bits per heavy atom. The number of ether oxygens (including phenoxy) is 1. The van der Waals surface area contributed by atoms with E-state index in [2.05, 4.69) is 5.32 Å². The Morgan fingerprint density at radius 2 is 1.84 bits per heavy atom. The van der Waals surface area contributed by atoms with Crippen molar-refractivity contribution < 1.29 is 18.7 Å². The van der Waals surface area contributed by atoms with E-state index in [0.717, 1.165) is 24.8 Å². The number of nitrogens with zero attached hydrogens (tertiary/aromatic N) is 2. The van der Waals surface area contributed by atoms with Gasteiger partial charge in [0.05, 0.1) is 7.11 Å². The molecule has 0 atom stereocenters. The van der Waals surface area contributed by atoms with E-state index in [4.69, 9.17) is 4.74 Å². The number of carbonyl (C=O) groups excluding carboxylic acids is 2. The Bertz CT molecular complexity index is 676. The first-order chi connectivity index (χ1) is 12.0. The molecule has 136 valence electrons. The molecule has 0 unspecified atom stereocenters. The number of carbonyl (C=O) groups is 2. The zero-order chi connectivity index (χ0) is 18.0. The van der Waals surface area contributed by atoms with Crippen LogP contribution in [0.3, 0.4) is 0 Å². The number of rotatable bonds is 3. The molecule has 1 heterocycles. The lowest BCUT2D eigenvalue weighted by Crippen LogP contribution is -2.39. The molecule has 25 heavy (non-hydrogen) atoms. The summed E-state index contributed by atoms with van der Waals surface area (Å²) < 4.78 is 18.8. The normalized spacial score (nSPS) is 17.9. The number of benzene rings is 1. The van der Waals surface area contributed by atoms with E-state index in [1.807, 2.05) is 4.90 Å². The van der Waals surface area contributed by atoms with Crippen LogP contribution in [0.15, 0.2) is 12.1 Å². The SMILES string of the molecule is COc1cc(C)c(NC(=O)N2CCCN(C(=O)C3CC3)CC2)cc1F. The molecule has 1 aromatic carbocycles. The molecule has 0 bridgehead atoms. The highest BCUT2D eigenvalue weighted by Crippen LogP contribution is 2.31. The van der Waals surface area contributed by atoms with Gasteiger partial charge in [-0.2, -0.15) is 0 Å². The van der Waals surface area contributed by atoms with E-state index in [1.54, 1.807) is 17.9 Å². The van der Waals surface area contributed by atoms with Crippen molar-refractivity contribution in [2.45, 2.75) is 26.2 Å². The van der Waals surface area contributed by atoms with Crippen LogP contribution in [0.4, 0.5) is 14.9 Å². The average molecular weight is 349 g/mol. The van der Waals surface area contributed by atoms with Gasteiger partial charge < -0.3 is 19.9 Å². The Balaban J connectivity index is 1.61. The van der Waals surface area contributed by atoms with E-state index in [9.17, 15) is 14.0 Å². The van der Waals surface area contributed by atoms with Crippen LogP contribution in [-0.4, -0.2) is 55.0 Å². The summed E-state index contributed by atoms with van der Waals surface area (Å²) in [5.74, 6) is 0.0561. The molecule has 3 rings (SSSR count). The van der Waals surface area contributed by atoms with Crippen LogP contribution in [0.2, 0.25) is 0 Å². The molecule has 2 fully saturated rings. The third-order valence-electron chi connectivity index (χ3n) is 4.76. The molecular weight excluding hydrogens is 325 g/mol. The summed E-state index contributed by atoms with van der Waals surface area (Å²) in [5.41, 5.74) is 1.16. The fourth-order valence-corrected chi connectivity index (χ4v) is 3.07. The van der Waals surface area contributed by atoms with Gasteiger partial charge >= 0.3 is 6.03 Å². The minimum absolute atomic E-state index is 0.152. The second-order valence-corrected chi connectivity index (χ2v) is 6.67. The van der Waals surface area contributed by atoms with Crippen molar-refractivity contribution in [3.63, 3.8) is 0 Å². The molecule has 2 aliphatic rings. The van der Waals surface area contributed by atoms with Crippen LogP contribution in [0.25, 0.3) is 0 Å². The minimum atomic E-state index is -0.513. The number of hydrogen-bond donors (Lipinski definition) is 1. The Labute approximate surface area is 146 Å². The van der Waals surface area contributed by atoms with Gasteiger partial charge in [-0.15, -0.1) is 0 Å². The fraction of sp³-hybridized carbons (Fsp3) is 0.556. The predicted molar refractivity (Wildman–Crippen MR) is 92.2 cm³/mol. The smallest absolute Gasteiger partial charge is 0.321 e. The number of anilines is 1. The molecular formula is C18H24FN3O3. The van der Waals surface area contributed by atoms with Crippen LogP contribution in [0.5, 0.6) is 5.75 Å². The average Bonchev–Trinajstić information content (AvgIpc) is 3.43. The van der Waals surface area contributed by atoms with Crippen molar-refractivity contribution in [2.75, 3.05) is 38.6 Å². The predicted octanol–water partition coefficient (Wildman–Crippen LogP) is 2.62. The lowest BCUT2D eigenvalue weighted by Gasteiger charge is -2.23. The fourth-order valence-electron chi connectivity index (χ4n) is 3.07. The maximum Gasteiger partial charge on any atom is 0.321 e. The van der Waals surface area contributed by atoms with Gasteiger partial charge in [0, 0.05) is 43.9 Å². The van der Waals surface area contributed by atoms with Gasteiger partial charge in [-0.05, 0) is 37.8 Å². The topological polar surface area (TPSA) is 61.9 Å². The Morgan fingerprint density at radius 1 is 1.16 bits per heavy atom. The lowest BCUT2D eigenvalue weighted by atomic mass is 10.2. The van der Waals surface area contributed by atoms with Gasteiger partial charge in [0.25, 0.3) is 0 Å². The maximum absolute atomic E-state index is 13.9. The summed E-state index contributed by atoms with van der Waals surface area (Å²) in [4.78, 5) is 28.2. The molecule has 1 aliphatic heterocycles. The largest absolute Gasteiger partial charge is 0.494 e. The zero-order valence-corrected chi connectivity index (χ0v) is 14.7. The summed E-state index contributed by atoms with van der Waals surface area (Å²) in [6, 6.07) is 2.56. The minimum Gasteiger partial charge on any atom is -0.494 e. The molecule has 1 saturated heterocycles. The Hall–Kier alpha value is -2.31. The molecule has 1 aliphatic carbocycles. The molecule has 7 heteroatoms. The summed E-state index contributed by atoms with van der Waals surface area (Å²) in [6.07, 6.45) is 2.73. The van der Waals surface area contributed by atoms with Gasteiger partial charge in [-0.25, -0.2) is 9.18 Å². The van der Waals surface area contributed by atoms with Gasteiger partial charge in [-0.1, -0.05) is 0 Å². The zero-order valence-electron chi connectivity index (χ0n) is 14.7. The highest BCUT2D eigenvalue weighted by molar-refractivity contribution is 5.90. The highest BCUT2D eigenvalue weighted by Gasteiger charge is 2.34. The standard InChI is InChI=1S/C18H24FN3O3/c1-12-10-16(25-2)14(19)11-15(12)20-18(24)22-7-3-6-21(8-9-22)17(23)13-4-5-13/h10-11,13H,3-9H2,1-2H3,(H,20,24). The molecule has 1 aromatic rings. The molecule has 0 radical (unpaired) electrons. The first-order valence-electron chi connectivity index (χ1n) is 8.68. The number of hydrogen-bond acceptors (Lipinski definition) is 3. The van der Waals surface area contributed by atoms with E-state index >= 15 is 0 Å². The third-order valence-corrected chi connectivity index (χ3v) is 4.76. The van der Waals surface area contributed by atoms with E-state index in [-0.39, 0.29) is 23.6 Å². The number of urea groups is 1. The van der Waals surface area contributed by atoms with Gasteiger partial charge in [0.15, 0.2) is 11.6 Å². The monoisotopic (exact) mass is 349 g/mol. The summed E-state index contributed by atoms with van der Waals surface area (Å²) in [5, 5.41) is 2.77. The van der Waals surface area contributed by atoms with Gasteiger partial charge in [0.1, 0.15) is 0 Å². The van der Waals surface area contributed by atoms with Crippen molar-refractivity contribution in [2.24, 2.45) is 5.92 Å². The summed E-state index contributed by atoms with van der Waals surface area (Å²) in [7, 11) is 1.40. The van der Waals surface area contributed by atoms with Crippen LogP contribution in [-0.2, 0) is 4.79 Å². The molecule has 1 saturated carbocycles. The van der Waals surface area contributed by atoms with E-state index in [1.165, 1.54) is 13.2 Å². The van der Waals surface area contributed by atoms with Crippen LogP contribution in [0.1, 0.15) is 24.8 Å². The van der Waals surface area contributed by atoms with E-state index < -0.39 is 5.82 Å². The first-order valence-corrected chi connectivity index (χ1v) is 8.68.